The molecule has 3 rings (SSSR count). The van der Waals surface area contributed by atoms with E-state index in [-0.39, 0.29) is 17.1 Å². The van der Waals surface area contributed by atoms with Crippen molar-refractivity contribution in [2.75, 3.05) is 0 Å². The van der Waals surface area contributed by atoms with Crippen LogP contribution in [0, 0.1) is 0 Å². The van der Waals surface area contributed by atoms with Gasteiger partial charge in [-0.05, 0) is 6.07 Å². The van der Waals surface area contributed by atoms with Crippen LogP contribution < -0.4 is 5.56 Å². The quantitative estimate of drug-likeness (QED) is 0.681. The van der Waals surface area contributed by atoms with E-state index in [2.05, 4.69) is 10.1 Å². The molecule has 0 unspecified atom stereocenters. The second-order valence-electron chi connectivity index (χ2n) is 4.93. The Balaban J connectivity index is 1.91. The number of carbonyl (C=O) groups is 1. The lowest BCUT2D eigenvalue weighted by Crippen LogP contribution is -2.24. The summed E-state index contributed by atoms with van der Waals surface area (Å²) >= 11 is 0. The highest BCUT2D eigenvalue weighted by Gasteiger charge is 2.19. The van der Waals surface area contributed by atoms with Gasteiger partial charge in [-0.1, -0.05) is 18.2 Å². The summed E-state index contributed by atoms with van der Waals surface area (Å²) in [6.07, 6.45) is 2.28. The predicted molar refractivity (Wildman–Crippen MR) is 79.6 cm³/mol. The Morgan fingerprint density at radius 2 is 2.00 bits per heavy atom. The molecule has 0 fully saturated rings. The summed E-state index contributed by atoms with van der Waals surface area (Å²) in [7, 11) is 1.41. The number of nitrogens with zero attached hydrogens (tertiary/aromatic N) is 4. The first kappa shape index (κ1) is 15.8. The van der Waals surface area contributed by atoms with Crippen molar-refractivity contribution in [3.05, 3.63) is 58.5 Å². The van der Waals surface area contributed by atoms with Gasteiger partial charge < -0.3 is 4.74 Å². The van der Waals surface area contributed by atoms with Crippen molar-refractivity contribution in [3.63, 3.8) is 0 Å². The number of alkyl halides is 2. The van der Waals surface area contributed by atoms with Crippen LogP contribution in [-0.4, -0.2) is 25.3 Å². The Bertz CT molecular complexity index is 965. The van der Waals surface area contributed by atoms with Crippen LogP contribution in [0.3, 0.4) is 0 Å². The molecule has 0 aliphatic carbocycles. The van der Waals surface area contributed by atoms with Crippen molar-refractivity contribution in [2.45, 2.75) is 13.2 Å². The number of halogens is 2. The fraction of sp³-hybridized carbons (Fsp3) is 0.200. The van der Waals surface area contributed by atoms with Crippen molar-refractivity contribution in [3.8, 4) is 0 Å². The largest absolute Gasteiger partial charge is 0.453 e. The number of aromatic nitrogens is 4. The fourth-order valence-corrected chi connectivity index (χ4v) is 2.28. The molecule has 0 amide bonds. The lowest BCUT2D eigenvalue weighted by atomic mass is 10.1. The molecular weight excluding hydrogens is 322 g/mol. The Morgan fingerprint density at radius 3 is 2.71 bits per heavy atom. The zero-order chi connectivity index (χ0) is 17.3. The number of benzene rings is 1. The summed E-state index contributed by atoms with van der Waals surface area (Å²) in [5.74, 6) is -0.918. The average Bonchev–Trinajstić information content (AvgIpc) is 3.05. The Kier molecular flexibility index (Phi) is 4.07. The van der Waals surface area contributed by atoms with Gasteiger partial charge in [0.1, 0.15) is 6.61 Å². The maximum atomic E-state index is 12.7. The Hall–Kier alpha value is -3.10. The van der Waals surface area contributed by atoms with Gasteiger partial charge in [0.2, 0.25) is 0 Å². The summed E-state index contributed by atoms with van der Waals surface area (Å²) in [6, 6.07) is 6.46. The molecule has 0 bridgehead atoms. The molecule has 0 radical (unpaired) electrons. The third-order valence-electron chi connectivity index (χ3n) is 3.44. The Morgan fingerprint density at radius 1 is 1.29 bits per heavy atom. The van der Waals surface area contributed by atoms with Gasteiger partial charge in [-0.15, -0.1) is 0 Å². The third kappa shape index (κ3) is 2.75. The smallest absolute Gasteiger partial charge is 0.359 e. The molecule has 2 heterocycles. The van der Waals surface area contributed by atoms with Gasteiger partial charge in [0.25, 0.3) is 5.56 Å². The number of aryl methyl sites for hydroxylation is 1. The molecule has 0 atom stereocenters. The molecule has 3 aromatic rings. The highest BCUT2D eigenvalue weighted by Crippen LogP contribution is 2.16. The topological polar surface area (TPSA) is 79.0 Å². The lowest BCUT2D eigenvalue weighted by molar-refractivity contribution is 0.0370. The standard InChI is InChI=1S/C15H12F2N4O3/c1-20-13(22)10-5-3-2-4-9(10)12(19-20)14(23)24-8-11-18-6-7-21(11)15(16)17/h2-7,15H,8H2,1H3. The van der Waals surface area contributed by atoms with Crippen LogP contribution in [0.25, 0.3) is 10.8 Å². The van der Waals surface area contributed by atoms with E-state index in [1.54, 1.807) is 24.3 Å². The van der Waals surface area contributed by atoms with Crippen LogP contribution in [0.15, 0.2) is 41.5 Å². The van der Waals surface area contributed by atoms with Gasteiger partial charge in [0.15, 0.2) is 11.5 Å². The summed E-state index contributed by atoms with van der Waals surface area (Å²) in [5.41, 5.74) is -0.418. The molecule has 7 nitrogen and oxygen atoms in total. The van der Waals surface area contributed by atoms with Gasteiger partial charge >= 0.3 is 12.5 Å². The SMILES string of the molecule is Cn1nc(C(=O)OCc2nccn2C(F)F)c2ccccc2c1=O. The Labute approximate surface area is 134 Å². The minimum atomic E-state index is -2.78. The fourth-order valence-electron chi connectivity index (χ4n) is 2.28. The van der Waals surface area contributed by atoms with Gasteiger partial charge in [-0.3, -0.25) is 9.36 Å². The van der Waals surface area contributed by atoms with Crippen molar-refractivity contribution in [2.24, 2.45) is 7.05 Å². The van der Waals surface area contributed by atoms with Crippen LogP contribution in [0.5, 0.6) is 0 Å². The third-order valence-corrected chi connectivity index (χ3v) is 3.44. The molecule has 2 aromatic heterocycles. The minimum Gasteiger partial charge on any atom is -0.453 e. The molecule has 9 heteroatoms. The van der Waals surface area contributed by atoms with Gasteiger partial charge in [0.05, 0.1) is 5.39 Å². The van der Waals surface area contributed by atoms with Crippen molar-refractivity contribution in [1.82, 2.24) is 19.3 Å². The molecule has 0 N–H and O–H groups in total. The summed E-state index contributed by atoms with van der Waals surface area (Å²) in [4.78, 5) is 28.0. The summed E-state index contributed by atoms with van der Waals surface area (Å²) in [5, 5.41) is 4.56. The number of hydrogen-bond acceptors (Lipinski definition) is 5. The predicted octanol–water partition coefficient (Wildman–Crippen LogP) is 1.88. The highest BCUT2D eigenvalue weighted by atomic mass is 19.3. The summed E-state index contributed by atoms with van der Waals surface area (Å²) < 4.78 is 32.1. The van der Waals surface area contributed by atoms with Crippen LogP contribution in [0.1, 0.15) is 22.9 Å². The minimum absolute atomic E-state index is 0.0668. The lowest BCUT2D eigenvalue weighted by Gasteiger charge is -2.09. The number of rotatable bonds is 4. The maximum absolute atomic E-state index is 12.7. The molecule has 0 aliphatic rings. The maximum Gasteiger partial charge on any atom is 0.359 e. The molecule has 0 spiro atoms. The van der Waals surface area contributed by atoms with Gasteiger partial charge in [-0.2, -0.15) is 13.9 Å². The average molecular weight is 334 g/mol. The van der Waals surface area contributed by atoms with Crippen LogP contribution in [0.4, 0.5) is 8.78 Å². The molecule has 24 heavy (non-hydrogen) atoms. The highest BCUT2D eigenvalue weighted by molar-refractivity contribution is 6.02. The number of carbonyl (C=O) groups excluding carboxylic acids is 1. The van der Waals surface area contributed by atoms with E-state index in [9.17, 15) is 18.4 Å². The van der Waals surface area contributed by atoms with E-state index in [4.69, 9.17) is 4.74 Å². The second kappa shape index (κ2) is 6.19. The van der Waals surface area contributed by atoms with Gasteiger partial charge in [0, 0.05) is 24.8 Å². The first-order valence-corrected chi connectivity index (χ1v) is 6.92. The first-order chi connectivity index (χ1) is 11.5. The summed E-state index contributed by atoms with van der Waals surface area (Å²) in [6.45, 7) is -3.22. The number of hydrogen-bond donors (Lipinski definition) is 0. The molecule has 1 aromatic carbocycles. The van der Waals surface area contributed by atoms with E-state index in [1.807, 2.05) is 0 Å². The van der Waals surface area contributed by atoms with E-state index in [0.29, 0.717) is 15.3 Å². The van der Waals surface area contributed by atoms with E-state index in [1.165, 1.54) is 13.2 Å². The van der Waals surface area contributed by atoms with Crippen LogP contribution in [-0.2, 0) is 18.4 Å². The number of imidazole rings is 1. The zero-order valence-electron chi connectivity index (χ0n) is 12.5. The van der Waals surface area contributed by atoms with Crippen LogP contribution in [0.2, 0.25) is 0 Å². The van der Waals surface area contributed by atoms with E-state index >= 15 is 0 Å². The number of fused-ring (bicyclic) bond motifs is 1. The second-order valence-corrected chi connectivity index (χ2v) is 4.93. The van der Waals surface area contributed by atoms with Crippen molar-refractivity contribution >= 4 is 16.7 Å². The van der Waals surface area contributed by atoms with Crippen molar-refractivity contribution < 1.29 is 18.3 Å². The van der Waals surface area contributed by atoms with E-state index in [0.717, 1.165) is 10.9 Å². The molecule has 0 aliphatic heterocycles. The molecule has 124 valence electrons. The first-order valence-electron chi connectivity index (χ1n) is 6.92. The zero-order valence-corrected chi connectivity index (χ0v) is 12.5. The van der Waals surface area contributed by atoms with Crippen molar-refractivity contribution in [1.29, 1.82) is 0 Å². The van der Waals surface area contributed by atoms with Gasteiger partial charge in [-0.25, -0.2) is 14.5 Å². The molecule has 0 saturated heterocycles. The number of esters is 1. The molecule has 0 saturated carbocycles. The van der Waals surface area contributed by atoms with E-state index < -0.39 is 19.1 Å². The normalized spacial score (nSPS) is 11.2. The number of ether oxygens (including phenoxy) is 1. The monoisotopic (exact) mass is 334 g/mol. The molecular formula is C15H12F2N4O3. The van der Waals surface area contributed by atoms with Crippen LogP contribution >= 0.6 is 0 Å².